The summed E-state index contributed by atoms with van der Waals surface area (Å²) < 4.78 is 19.2. The predicted octanol–water partition coefficient (Wildman–Crippen LogP) is 5.63. The maximum atomic E-state index is 13.6. The Morgan fingerprint density at radius 2 is 1.64 bits per heavy atom. The zero-order chi connectivity index (χ0) is 17.6. The van der Waals surface area contributed by atoms with Crippen LogP contribution in [0.3, 0.4) is 0 Å². The van der Waals surface area contributed by atoms with Crippen molar-refractivity contribution in [3.63, 3.8) is 0 Å². The van der Waals surface area contributed by atoms with Gasteiger partial charge in [0.25, 0.3) is 0 Å². The number of ether oxygens (including phenoxy) is 1. The molecular formula is C22H22FNO. The normalized spacial score (nSPS) is 10.5. The van der Waals surface area contributed by atoms with Crippen molar-refractivity contribution in [2.45, 2.75) is 27.0 Å². The second-order valence-electron chi connectivity index (χ2n) is 6.18. The van der Waals surface area contributed by atoms with Crippen LogP contribution < -0.4 is 10.1 Å². The summed E-state index contributed by atoms with van der Waals surface area (Å²) >= 11 is 0. The van der Waals surface area contributed by atoms with Gasteiger partial charge in [-0.1, -0.05) is 36.4 Å². The minimum Gasteiger partial charge on any atom is -0.489 e. The number of benzene rings is 3. The summed E-state index contributed by atoms with van der Waals surface area (Å²) in [5.41, 5.74) is 5.41. The number of aryl methyl sites for hydroxylation is 2. The van der Waals surface area contributed by atoms with Crippen LogP contribution in [0.5, 0.6) is 5.75 Å². The van der Waals surface area contributed by atoms with E-state index in [0.29, 0.717) is 5.56 Å². The molecule has 0 amide bonds. The highest BCUT2D eigenvalue weighted by atomic mass is 19.1. The standard InChI is InChI=1S/C22H22FNO/c1-16-7-10-20(13-17(16)2)24-14-18-8-11-21(12-9-18)25-15-19-5-3-4-6-22(19)23/h3-13,24H,14-15H2,1-2H3. The van der Waals surface area contributed by atoms with Gasteiger partial charge in [-0.15, -0.1) is 0 Å². The summed E-state index contributed by atoms with van der Waals surface area (Å²) in [7, 11) is 0. The summed E-state index contributed by atoms with van der Waals surface area (Å²) in [5.74, 6) is 0.495. The van der Waals surface area contributed by atoms with E-state index >= 15 is 0 Å². The number of rotatable bonds is 6. The highest BCUT2D eigenvalue weighted by Gasteiger charge is 2.02. The highest BCUT2D eigenvalue weighted by molar-refractivity contribution is 5.48. The van der Waals surface area contributed by atoms with Gasteiger partial charge < -0.3 is 10.1 Å². The number of hydrogen-bond donors (Lipinski definition) is 1. The third-order valence-corrected chi connectivity index (χ3v) is 4.28. The van der Waals surface area contributed by atoms with Gasteiger partial charge in [0, 0.05) is 17.8 Å². The molecule has 0 fully saturated rings. The topological polar surface area (TPSA) is 21.3 Å². The molecule has 0 aliphatic rings. The smallest absolute Gasteiger partial charge is 0.129 e. The Bertz CT molecular complexity index is 843. The third-order valence-electron chi connectivity index (χ3n) is 4.28. The van der Waals surface area contributed by atoms with Crippen LogP contribution in [-0.4, -0.2) is 0 Å². The minimum absolute atomic E-state index is 0.229. The minimum atomic E-state index is -0.239. The molecule has 0 saturated carbocycles. The van der Waals surface area contributed by atoms with Crippen LogP contribution in [0.15, 0.2) is 66.7 Å². The second-order valence-corrected chi connectivity index (χ2v) is 6.18. The number of nitrogens with one attached hydrogen (secondary N) is 1. The molecule has 2 nitrogen and oxygen atoms in total. The van der Waals surface area contributed by atoms with Crippen molar-refractivity contribution in [3.05, 3.63) is 94.8 Å². The average molecular weight is 335 g/mol. The lowest BCUT2D eigenvalue weighted by atomic mass is 10.1. The molecule has 3 heteroatoms. The molecule has 0 atom stereocenters. The van der Waals surface area contributed by atoms with E-state index in [9.17, 15) is 4.39 Å². The van der Waals surface area contributed by atoms with E-state index in [4.69, 9.17) is 4.74 Å². The third kappa shape index (κ3) is 4.60. The van der Waals surface area contributed by atoms with Gasteiger partial charge in [-0.05, 0) is 60.9 Å². The monoisotopic (exact) mass is 335 g/mol. The summed E-state index contributed by atoms with van der Waals surface area (Å²) in [6.45, 7) is 5.20. The van der Waals surface area contributed by atoms with Crippen molar-refractivity contribution in [2.75, 3.05) is 5.32 Å². The molecule has 128 valence electrons. The van der Waals surface area contributed by atoms with Gasteiger partial charge in [0.15, 0.2) is 0 Å². The van der Waals surface area contributed by atoms with Crippen LogP contribution in [0.25, 0.3) is 0 Å². The first-order chi connectivity index (χ1) is 12.1. The molecule has 0 radical (unpaired) electrons. The van der Waals surface area contributed by atoms with E-state index in [1.807, 2.05) is 30.3 Å². The van der Waals surface area contributed by atoms with Crippen molar-refractivity contribution in [1.82, 2.24) is 0 Å². The Labute approximate surface area is 148 Å². The summed E-state index contributed by atoms with van der Waals surface area (Å²) in [6, 6.07) is 20.9. The molecule has 0 bridgehead atoms. The van der Waals surface area contributed by atoms with Crippen LogP contribution in [0.2, 0.25) is 0 Å². The lowest BCUT2D eigenvalue weighted by molar-refractivity contribution is 0.300. The lowest BCUT2D eigenvalue weighted by Gasteiger charge is -2.10. The Balaban J connectivity index is 1.55. The summed E-state index contributed by atoms with van der Waals surface area (Å²) in [6.07, 6.45) is 0. The molecule has 0 heterocycles. The molecule has 0 aliphatic heterocycles. The molecule has 0 aromatic heterocycles. The van der Waals surface area contributed by atoms with Gasteiger partial charge >= 0.3 is 0 Å². The molecular weight excluding hydrogens is 313 g/mol. The van der Waals surface area contributed by atoms with Crippen molar-refractivity contribution in [2.24, 2.45) is 0 Å². The number of hydrogen-bond acceptors (Lipinski definition) is 2. The van der Waals surface area contributed by atoms with Gasteiger partial charge in [-0.2, -0.15) is 0 Å². The van der Waals surface area contributed by atoms with Crippen molar-refractivity contribution < 1.29 is 9.13 Å². The van der Waals surface area contributed by atoms with Gasteiger partial charge in [0.05, 0.1) is 0 Å². The van der Waals surface area contributed by atoms with E-state index in [-0.39, 0.29) is 12.4 Å². The summed E-state index contributed by atoms with van der Waals surface area (Å²) in [4.78, 5) is 0. The highest BCUT2D eigenvalue weighted by Crippen LogP contribution is 2.18. The van der Waals surface area contributed by atoms with E-state index in [1.165, 1.54) is 17.2 Å². The van der Waals surface area contributed by atoms with Crippen LogP contribution in [0, 0.1) is 19.7 Å². The van der Waals surface area contributed by atoms with Crippen LogP contribution in [0.1, 0.15) is 22.3 Å². The van der Waals surface area contributed by atoms with Crippen LogP contribution in [0.4, 0.5) is 10.1 Å². The first-order valence-electron chi connectivity index (χ1n) is 8.38. The van der Waals surface area contributed by atoms with E-state index in [2.05, 4.69) is 37.4 Å². The molecule has 3 rings (SSSR count). The number of halogens is 1. The molecule has 0 saturated heterocycles. The van der Waals surface area contributed by atoms with Crippen molar-refractivity contribution >= 4 is 5.69 Å². The van der Waals surface area contributed by atoms with Gasteiger partial charge in [0.1, 0.15) is 18.2 Å². The molecule has 3 aromatic carbocycles. The predicted molar refractivity (Wildman–Crippen MR) is 100 cm³/mol. The van der Waals surface area contributed by atoms with Crippen molar-refractivity contribution in [1.29, 1.82) is 0 Å². The molecule has 25 heavy (non-hydrogen) atoms. The van der Waals surface area contributed by atoms with Crippen LogP contribution >= 0.6 is 0 Å². The molecule has 0 unspecified atom stereocenters. The largest absolute Gasteiger partial charge is 0.489 e. The number of anilines is 1. The van der Waals surface area contributed by atoms with Gasteiger partial charge in [0.2, 0.25) is 0 Å². The maximum absolute atomic E-state index is 13.6. The SMILES string of the molecule is Cc1ccc(NCc2ccc(OCc3ccccc3F)cc2)cc1C. The Kier molecular flexibility index (Phi) is 5.34. The quantitative estimate of drug-likeness (QED) is 0.630. The van der Waals surface area contributed by atoms with E-state index in [0.717, 1.165) is 23.5 Å². The average Bonchev–Trinajstić information content (AvgIpc) is 2.63. The Hall–Kier alpha value is -2.81. The molecule has 0 aliphatic carbocycles. The molecule has 3 aromatic rings. The fourth-order valence-electron chi connectivity index (χ4n) is 2.54. The van der Waals surface area contributed by atoms with E-state index in [1.54, 1.807) is 12.1 Å². The fraction of sp³-hybridized carbons (Fsp3) is 0.182. The van der Waals surface area contributed by atoms with E-state index < -0.39 is 0 Å². The zero-order valence-electron chi connectivity index (χ0n) is 14.6. The Morgan fingerprint density at radius 3 is 2.36 bits per heavy atom. The fourth-order valence-corrected chi connectivity index (χ4v) is 2.54. The Morgan fingerprint density at radius 1 is 0.880 bits per heavy atom. The molecule has 1 N–H and O–H groups in total. The first-order valence-corrected chi connectivity index (χ1v) is 8.38. The zero-order valence-corrected chi connectivity index (χ0v) is 14.6. The van der Waals surface area contributed by atoms with Crippen LogP contribution in [-0.2, 0) is 13.2 Å². The van der Waals surface area contributed by atoms with Crippen molar-refractivity contribution in [3.8, 4) is 5.75 Å². The lowest BCUT2D eigenvalue weighted by Crippen LogP contribution is -2.01. The second kappa shape index (κ2) is 7.84. The van der Waals surface area contributed by atoms with Gasteiger partial charge in [-0.3, -0.25) is 0 Å². The first kappa shape index (κ1) is 17.0. The van der Waals surface area contributed by atoms with Gasteiger partial charge in [-0.25, -0.2) is 4.39 Å². The molecule has 0 spiro atoms. The summed E-state index contributed by atoms with van der Waals surface area (Å²) in [5, 5.41) is 3.42. The maximum Gasteiger partial charge on any atom is 0.129 e.